The van der Waals surface area contributed by atoms with E-state index in [2.05, 4.69) is 10.4 Å². The number of anilines is 1. The summed E-state index contributed by atoms with van der Waals surface area (Å²) in [5, 5.41) is 7.89. The largest absolute Gasteiger partial charge is 0.482 e. The molecule has 1 N–H and O–H groups in total. The molecular formula is C25H27ClN4O3. The standard InChI is InChI=1S/C25H27ClN4O3/c1-3-29(4-2)24(31)16-33-23-13-12-18(14-20(23)26)27-25(32)22-15-21(17-10-11-17)28-30(22)19-8-6-5-7-9-19/h5-9,12-15,17H,3-4,10-11,16H2,1-2H3,(H,27,32). The molecule has 1 saturated carbocycles. The maximum Gasteiger partial charge on any atom is 0.274 e. The molecule has 4 rings (SSSR count). The van der Waals surface area contributed by atoms with Crippen LogP contribution >= 0.6 is 11.6 Å². The average molecular weight is 467 g/mol. The van der Waals surface area contributed by atoms with E-state index in [0.29, 0.717) is 41.2 Å². The van der Waals surface area contributed by atoms with Crippen molar-refractivity contribution >= 4 is 29.1 Å². The normalized spacial score (nSPS) is 12.9. The van der Waals surface area contributed by atoms with Crippen LogP contribution in [0.4, 0.5) is 5.69 Å². The van der Waals surface area contributed by atoms with E-state index in [9.17, 15) is 9.59 Å². The van der Waals surface area contributed by atoms with E-state index in [1.165, 1.54) is 0 Å². The van der Waals surface area contributed by atoms with Crippen LogP contribution in [0.25, 0.3) is 5.69 Å². The summed E-state index contributed by atoms with van der Waals surface area (Å²) in [5.41, 5.74) is 2.75. The van der Waals surface area contributed by atoms with E-state index >= 15 is 0 Å². The van der Waals surface area contributed by atoms with Crippen molar-refractivity contribution in [1.29, 1.82) is 0 Å². The van der Waals surface area contributed by atoms with Crippen molar-refractivity contribution in [3.63, 3.8) is 0 Å². The van der Waals surface area contributed by atoms with Gasteiger partial charge in [-0.05, 0) is 63.1 Å². The molecule has 0 atom stereocenters. The monoisotopic (exact) mass is 466 g/mol. The number of para-hydroxylation sites is 1. The smallest absolute Gasteiger partial charge is 0.274 e. The second kappa shape index (κ2) is 10.1. The van der Waals surface area contributed by atoms with Crippen LogP contribution in [-0.4, -0.2) is 46.2 Å². The molecule has 1 fully saturated rings. The van der Waals surface area contributed by atoms with Crippen molar-refractivity contribution in [3.05, 3.63) is 71.0 Å². The zero-order valence-electron chi connectivity index (χ0n) is 18.8. The van der Waals surface area contributed by atoms with E-state index in [4.69, 9.17) is 16.3 Å². The molecule has 3 aromatic rings. The lowest BCUT2D eigenvalue weighted by molar-refractivity contribution is -0.132. The number of nitrogens with zero attached hydrogens (tertiary/aromatic N) is 3. The van der Waals surface area contributed by atoms with Gasteiger partial charge >= 0.3 is 0 Å². The average Bonchev–Trinajstić information content (AvgIpc) is 3.58. The number of benzene rings is 2. The zero-order chi connectivity index (χ0) is 23.4. The van der Waals surface area contributed by atoms with E-state index in [0.717, 1.165) is 24.2 Å². The van der Waals surface area contributed by atoms with Gasteiger partial charge in [-0.25, -0.2) is 4.68 Å². The van der Waals surface area contributed by atoms with Crippen LogP contribution in [0.2, 0.25) is 5.02 Å². The van der Waals surface area contributed by atoms with Gasteiger partial charge in [-0.2, -0.15) is 5.10 Å². The molecule has 8 heteroatoms. The van der Waals surface area contributed by atoms with Crippen LogP contribution in [0, 0.1) is 0 Å². The first kappa shape index (κ1) is 22.9. The number of hydrogen-bond acceptors (Lipinski definition) is 4. The van der Waals surface area contributed by atoms with Crippen molar-refractivity contribution in [2.24, 2.45) is 0 Å². The van der Waals surface area contributed by atoms with Crippen molar-refractivity contribution in [2.45, 2.75) is 32.6 Å². The number of likely N-dealkylation sites (N-methyl/N-ethyl adjacent to an activating group) is 1. The van der Waals surface area contributed by atoms with E-state index in [-0.39, 0.29) is 18.4 Å². The molecule has 2 amide bonds. The van der Waals surface area contributed by atoms with Crippen LogP contribution in [0.3, 0.4) is 0 Å². The molecular weight excluding hydrogens is 440 g/mol. The van der Waals surface area contributed by atoms with E-state index in [1.54, 1.807) is 27.8 Å². The van der Waals surface area contributed by atoms with Crippen LogP contribution in [0.15, 0.2) is 54.6 Å². The summed E-state index contributed by atoms with van der Waals surface area (Å²) < 4.78 is 7.27. The zero-order valence-corrected chi connectivity index (χ0v) is 19.5. The van der Waals surface area contributed by atoms with Crippen LogP contribution in [-0.2, 0) is 4.79 Å². The molecule has 1 aliphatic carbocycles. The Morgan fingerprint density at radius 2 is 1.85 bits per heavy atom. The van der Waals surface area contributed by atoms with Gasteiger partial charge in [0, 0.05) is 24.7 Å². The molecule has 0 saturated heterocycles. The van der Waals surface area contributed by atoms with Crippen molar-refractivity contribution in [1.82, 2.24) is 14.7 Å². The fourth-order valence-electron chi connectivity index (χ4n) is 3.60. The Balaban J connectivity index is 1.48. The molecule has 2 aromatic carbocycles. The van der Waals surface area contributed by atoms with Gasteiger partial charge < -0.3 is 15.0 Å². The highest BCUT2D eigenvalue weighted by Crippen LogP contribution is 2.40. The predicted octanol–water partition coefficient (Wildman–Crippen LogP) is 4.90. The Labute approximate surface area is 198 Å². The number of amides is 2. The third-order valence-electron chi connectivity index (χ3n) is 5.61. The number of carbonyl (C=O) groups is 2. The number of hydrogen-bond donors (Lipinski definition) is 1. The Morgan fingerprint density at radius 3 is 2.48 bits per heavy atom. The minimum Gasteiger partial charge on any atom is -0.482 e. The summed E-state index contributed by atoms with van der Waals surface area (Å²) in [6, 6.07) is 16.4. The Morgan fingerprint density at radius 1 is 1.12 bits per heavy atom. The van der Waals surface area contributed by atoms with Gasteiger partial charge in [0.2, 0.25) is 0 Å². The quantitative estimate of drug-likeness (QED) is 0.486. The highest BCUT2D eigenvalue weighted by molar-refractivity contribution is 6.32. The van der Waals surface area contributed by atoms with Gasteiger partial charge in [-0.15, -0.1) is 0 Å². The third-order valence-corrected chi connectivity index (χ3v) is 5.91. The maximum atomic E-state index is 13.1. The van der Waals surface area contributed by atoms with Crippen molar-refractivity contribution in [2.75, 3.05) is 25.0 Å². The number of aromatic nitrogens is 2. The summed E-state index contributed by atoms with van der Waals surface area (Å²) in [7, 11) is 0. The molecule has 0 spiro atoms. The molecule has 7 nitrogen and oxygen atoms in total. The van der Waals surface area contributed by atoms with E-state index < -0.39 is 0 Å². The molecule has 1 aromatic heterocycles. The molecule has 1 heterocycles. The van der Waals surface area contributed by atoms with Gasteiger partial charge in [-0.1, -0.05) is 29.8 Å². The fraction of sp³-hybridized carbons (Fsp3) is 0.320. The summed E-state index contributed by atoms with van der Waals surface area (Å²) in [4.78, 5) is 27.0. The molecule has 0 radical (unpaired) electrons. The van der Waals surface area contributed by atoms with Gasteiger partial charge in [0.05, 0.1) is 16.4 Å². The third kappa shape index (κ3) is 5.37. The van der Waals surface area contributed by atoms with Crippen molar-refractivity contribution < 1.29 is 14.3 Å². The molecule has 0 unspecified atom stereocenters. The number of halogens is 1. The van der Waals surface area contributed by atoms with Crippen LogP contribution < -0.4 is 10.1 Å². The van der Waals surface area contributed by atoms with Gasteiger partial charge in [0.1, 0.15) is 11.4 Å². The number of rotatable bonds is 9. The highest BCUT2D eigenvalue weighted by atomic mass is 35.5. The van der Waals surface area contributed by atoms with Gasteiger partial charge in [-0.3, -0.25) is 9.59 Å². The number of nitrogens with one attached hydrogen (secondary N) is 1. The lowest BCUT2D eigenvalue weighted by Crippen LogP contribution is -2.34. The maximum absolute atomic E-state index is 13.1. The number of ether oxygens (including phenoxy) is 1. The number of carbonyl (C=O) groups excluding carboxylic acids is 2. The second-order valence-corrected chi connectivity index (χ2v) is 8.34. The Kier molecular flexibility index (Phi) is 6.99. The lowest BCUT2D eigenvalue weighted by Gasteiger charge is -2.19. The molecule has 0 bridgehead atoms. The first-order valence-electron chi connectivity index (χ1n) is 11.2. The minimum atomic E-state index is -0.278. The fourth-order valence-corrected chi connectivity index (χ4v) is 3.84. The van der Waals surface area contributed by atoms with Crippen LogP contribution in [0.5, 0.6) is 5.75 Å². The topological polar surface area (TPSA) is 76.5 Å². The second-order valence-electron chi connectivity index (χ2n) is 7.93. The summed E-state index contributed by atoms with van der Waals surface area (Å²) in [6.45, 7) is 5.00. The van der Waals surface area contributed by atoms with Crippen molar-refractivity contribution in [3.8, 4) is 11.4 Å². The Bertz CT molecular complexity index is 1140. The highest BCUT2D eigenvalue weighted by Gasteiger charge is 2.29. The first-order chi connectivity index (χ1) is 16.0. The summed E-state index contributed by atoms with van der Waals surface area (Å²) in [5.74, 6) is 0.431. The Hall–Kier alpha value is -3.32. The van der Waals surface area contributed by atoms with E-state index in [1.807, 2.05) is 50.2 Å². The van der Waals surface area contributed by atoms with Gasteiger partial charge in [0.15, 0.2) is 6.61 Å². The molecule has 33 heavy (non-hydrogen) atoms. The minimum absolute atomic E-state index is 0.0900. The SMILES string of the molecule is CCN(CC)C(=O)COc1ccc(NC(=O)c2cc(C3CC3)nn2-c2ccccc2)cc1Cl. The molecule has 1 aliphatic rings. The molecule has 172 valence electrons. The summed E-state index contributed by atoms with van der Waals surface area (Å²) >= 11 is 6.35. The van der Waals surface area contributed by atoms with Gasteiger partial charge in [0.25, 0.3) is 11.8 Å². The molecule has 0 aliphatic heterocycles. The summed E-state index contributed by atoms with van der Waals surface area (Å²) in [6.07, 6.45) is 2.20. The lowest BCUT2D eigenvalue weighted by atomic mass is 10.2. The first-order valence-corrected chi connectivity index (χ1v) is 11.5. The predicted molar refractivity (Wildman–Crippen MR) is 128 cm³/mol. The van der Waals surface area contributed by atoms with Crippen LogP contribution in [0.1, 0.15) is 48.8 Å².